The highest BCUT2D eigenvalue weighted by atomic mass is 16.3. The van der Waals surface area contributed by atoms with Crippen LogP contribution in [0.4, 0.5) is 0 Å². The molecule has 62 valence electrons. The van der Waals surface area contributed by atoms with E-state index in [4.69, 9.17) is 11.5 Å². The van der Waals surface area contributed by atoms with Crippen LogP contribution in [-0.2, 0) is 4.79 Å². The SMILES string of the molecule is C#CCCC(=O)NC[C@@H](C)O. The van der Waals surface area contributed by atoms with Crippen molar-refractivity contribution in [3.8, 4) is 12.3 Å². The molecule has 3 heteroatoms. The molecule has 0 saturated heterocycles. The third-order valence-corrected chi connectivity index (χ3v) is 1.09. The molecule has 2 N–H and O–H groups in total. The molecular formula is C8H13NO2. The second kappa shape index (κ2) is 5.75. The van der Waals surface area contributed by atoms with E-state index < -0.39 is 6.10 Å². The number of rotatable bonds is 4. The summed E-state index contributed by atoms with van der Waals surface area (Å²) in [5.74, 6) is 2.26. The number of aliphatic hydroxyl groups excluding tert-OH is 1. The molecule has 1 amide bonds. The zero-order chi connectivity index (χ0) is 8.69. The van der Waals surface area contributed by atoms with Gasteiger partial charge in [-0.25, -0.2) is 0 Å². The van der Waals surface area contributed by atoms with Crippen LogP contribution in [-0.4, -0.2) is 23.7 Å². The Hall–Kier alpha value is -1.01. The van der Waals surface area contributed by atoms with Crippen molar-refractivity contribution < 1.29 is 9.90 Å². The minimum atomic E-state index is -0.496. The van der Waals surface area contributed by atoms with E-state index in [0.717, 1.165) is 0 Å². The highest BCUT2D eigenvalue weighted by molar-refractivity contribution is 5.76. The normalized spacial score (nSPS) is 11.7. The third kappa shape index (κ3) is 6.88. The van der Waals surface area contributed by atoms with Gasteiger partial charge in [-0.15, -0.1) is 12.3 Å². The number of carbonyl (C=O) groups is 1. The van der Waals surface area contributed by atoms with Crippen LogP contribution in [0.1, 0.15) is 19.8 Å². The lowest BCUT2D eigenvalue weighted by Gasteiger charge is -2.04. The van der Waals surface area contributed by atoms with Gasteiger partial charge in [0, 0.05) is 19.4 Å². The van der Waals surface area contributed by atoms with Crippen molar-refractivity contribution in [2.45, 2.75) is 25.9 Å². The van der Waals surface area contributed by atoms with E-state index in [1.807, 2.05) is 0 Å². The molecule has 0 aliphatic rings. The third-order valence-electron chi connectivity index (χ3n) is 1.09. The molecular weight excluding hydrogens is 142 g/mol. The van der Waals surface area contributed by atoms with E-state index in [-0.39, 0.29) is 5.91 Å². The Bertz CT molecular complexity index is 158. The van der Waals surface area contributed by atoms with Gasteiger partial charge >= 0.3 is 0 Å². The molecule has 0 rings (SSSR count). The first-order valence-electron chi connectivity index (χ1n) is 3.55. The largest absolute Gasteiger partial charge is 0.392 e. The van der Waals surface area contributed by atoms with Gasteiger partial charge in [-0.2, -0.15) is 0 Å². The summed E-state index contributed by atoms with van der Waals surface area (Å²) < 4.78 is 0. The van der Waals surface area contributed by atoms with E-state index >= 15 is 0 Å². The van der Waals surface area contributed by atoms with Gasteiger partial charge < -0.3 is 10.4 Å². The van der Waals surface area contributed by atoms with Gasteiger partial charge in [0.05, 0.1) is 6.10 Å². The zero-order valence-corrected chi connectivity index (χ0v) is 6.63. The molecule has 11 heavy (non-hydrogen) atoms. The average molecular weight is 155 g/mol. The van der Waals surface area contributed by atoms with Crippen molar-refractivity contribution in [2.75, 3.05) is 6.54 Å². The minimum absolute atomic E-state index is 0.108. The molecule has 3 nitrogen and oxygen atoms in total. The van der Waals surface area contributed by atoms with Gasteiger partial charge in [-0.1, -0.05) is 0 Å². The summed E-state index contributed by atoms with van der Waals surface area (Å²) in [6.45, 7) is 1.91. The summed E-state index contributed by atoms with van der Waals surface area (Å²) in [4.78, 5) is 10.8. The second-order valence-corrected chi connectivity index (χ2v) is 2.36. The average Bonchev–Trinajstić information content (AvgIpc) is 1.97. The summed E-state index contributed by atoms with van der Waals surface area (Å²) in [6, 6.07) is 0. The summed E-state index contributed by atoms with van der Waals surface area (Å²) in [6.07, 6.45) is 5.24. The Labute approximate surface area is 66.8 Å². The molecule has 0 aromatic heterocycles. The first-order chi connectivity index (χ1) is 5.16. The van der Waals surface area contributed by atoms with Gasteiger partial charge in [0.25, 0.3) is 0 Å². The smallest absolute Gasteiger partial charge is 0.221 e. The van der Waals surface area contributed by atoms with Crippen molar-refractivity contribution in [2.24, 2.45) is 0 Å². The Morgan fingerprint density at radius 2 is 2.45 bits per heavy atom. The summed E-state index contributed by atoms with van der Waals surface area (Å²) >= 11 is 0. The lowest BCUT2D eigenvalue weighted by atomic mass is 10.3. The predicted octanol–water partition coefficient (Wildman–Crippen LogP) is -0.103. The molecule has 0 aromatic rings. The van der Waals surface area contributed by atoms with Gasteiger partial charge in [-0.05, 0) is 6.92 Å². The van der Waals surface area contributed by atoms with Crippen molar-refractivity contribution in [3.63, 3.8) is 0 Å². The van der Waals surface area contributed by atoms with Crippen LogP contribution < -0.4 is 5.32 Å². The number of hydrogen-bond donors (Lipinski definition) is 2. The fraction of sp³-hybridized carbons (Fsp3) is 0.625. The first kappa shape index (κ1) is 9.99. The molecule has 0 heterocycles. The van der Waals surface area contributed by atoms with Gasteiger partial charge in [0.15, 0.2) is 0 Å². The van der Waals surface area contributed by atoms with Crippen LogP contribution in [0.25, 0.3) is 0 Å². The zero-order valence-electron chi connectivity index (χ0n) is 6.63. The van der Waals surface area contributed by atoms with Gasteiger partial charge in [0.1, 0.15) is 0 Å². The van der Waals surface area contributed by atoms with Crippen LogP contribution in [0.3, 0.4) is 0 Å². The molecule has 0 saturated carbocycles. The Kier molecular flexibility index (Phi) is 5.22. The topological polar surface area (TPSA) is 49.3 Å². The Morgan fingerprint density at radius 1 is 1.82 bits per heavy atom. The van der Waals surface area contributed by atoms with Crippen LogP contribution in [0.2, 0.25) is 0 Å². The number of carbonyl (C=O) groups excluding carboxylic acids is 1. The lowest BCUT2D eigenvalue weighted by Crippen LogP contribution is -2.30. The van der Waals surface area contributed by atoms with E-state index in [9.17, 15) is 4.79 Å². The van der Waals surface area contributed by atoms with Crippen molar-refractivity contribution in [3.05, 3.63) is 0 Å². The Morgan fingerprint density at radius 3 is 2.91 bits per heavy atom. The molecule has 0 aliphatic heterocycles. The number of nitrogens with one attached hydrogen (secondary N) is 1. The fourth-order valence-electron chi connectivity index (χ4n) is 0.536. The molecule has 0 bridgehead atoms. The molecule has 0 fully saturated rings. The van der Waals surface area contributed by atoms with Gasteiger partial charge in [0.2, 0.25) is 5.91 Å². The predicted molar refractivity (Wildman–Crippen MR) is 42.8 cm³/mol. The maximum atomic E-state index is 10.8. The van der Waals surface area contributed by atoms with Crippen molar-refractivity contribution in [1.29, 1.82) is 0 Å². The molecule has 0 radical (unpaired) electrons. The minimum Gasteiger partial charge on any atom is -0.392 e. The second-order valence-electron chi connectivity index (χ2n) is 2.36. The molecule has 0 aliphatic carbocycles. The number of hydrogen-bond acceptors (Lipinski definition) is 2. The fourth-order valence-corrected chi connectivity index (χ4v) is 0.536. The maximum Gasteiger partial charge on any atom is 0.221 e. The van der Waals surface area contributed by atoms with Crippen LogP contribution in [0.15, 0.2) is 0 Å². The van der Waals surface area contributed by atoms with Crippen LogP contribution in [0.5, 0.6) is 0 Å². The van der Waals surface area contributed by atoms with Crippen molar-refractivity contribution >= 4 is 5.91 Å². The molecule has 0 aromatic carbocycles. The summed E-state index contributed by atoms with van der Waals surface area (Å²) in [7, 11) is 0. The van der Waals surface area contributed by atoms with E-state index in [0.29, 0.717) is 19.4 Å². The maximum absolute atomic E-state index is 10.8. The van der Waals surface area contributed by atoms with Gasteiger partial charge in [-0.3, -0.25) is 4.79 Å². The van der Waals surface area contributed by atoms with E-state index in [1.54, 1.807) is 6.92 Å². The molecule has 0 spiro atoms. The molecule has 0 unspecified atom stereocenters. The number of amides is 1. The highest BCUT2D eigenvalue weighted by Gasteiger charge is 2.00. The lowest BCUT2D eigenvalue weighted by molar-refractivity contribution is -0.121. The van der Waals surface area contributed by atoms with Crippen LogP contribution >= 0.6 is 0 Å². The number of aliphatic hydroxyl groups is 1. The summed E-state index contributed by atoms with van der Waals surface area (Å²) in [5, 5.41) is 11.3. The van der Waals surface area contributed by atoms with Crippen molar-refractivity contribution in [1.82, 2.24) is 5.32 Å². The highest BCUT2D eigenvalue weighted by Crippen LogP contribution is 1.85. The van der Waals surface area contributed by atoms with E-state index in [2.05, 4.69) is 11.2 Å². The van der Waals surface area contributed by atoms with E-state index in [1.165, 1.54) is 0 Å². The van der Waals surface area contributed by atoms with Crippen LogP contribution in [0, 0.1) is 12.3 Å². The quantitative estimate of drug-likeness (QED) is 0.557. The Balaban J connectivity index is 3.32. The number of terminal acetylenes is 1. The monoisotopic (exact) mass is 155 g/mol. The first-order valence-corrected chi connectivity index (χ1v) is 3.55. The molecule has 1 atom stereocenters. The standard InChI is InChI=1S/C8H13NO2/c1-3-4-5-8(11)9-6-7(2)10/h1,7,10H,4-6H2,2H3,(H,9,11)/t7-/m1/s1. The summed E-state index contributed by atoms with van der Waals surface area (Å²) in [5.41, 5.74) is 0.